The summed E-state index contributed by atoms with van der Waals surface area (Å²) in [5.41, 5.74) is 27.3. The molecule has 1 aliphatic heterocycles. The molecule has 0 bridgehead atoms. The first-order valence-corrected chi connectivity index (χ1v) is 28.8. The molecule has 1 aromatic heterocycles. The molecule has 74 heavy (non-hydrogen) atoms. The second-order valence-electron chi connectivity index (χ2n) is 28.0. The number of benzene rings is 7. The highest BCUT2D eigenvalue weighted by molar-refractivity contribution is 7.26. The average molecular weight is 988 g/mol. The maximum atomic E-state index is 4.29. The Morgan fingerprint density at radius 2 is 0.986 bits per heavy atom. The van der Waals surface area contributed by atoms with E-state index in [1.54, 1.807) is 0 Å². The van der Waals surface area contributed by atoms with Crippen molar-refractivity contribution < 1.29 is 0 Å². The fourth-order valence-corrected chi connectivity index (χ4v) is 16.0. The quantitative estimate of drug-likeness (QED) is 0.177. The van der Waals surface area contributed by atoms with Gasteiger partial charge in [-0.3, -0.25) is 0 Å². The van der Waals surface area contributed by atoms with Gasteiger partial charge in [-0.05, 0) is 221 Å². The Balaban J connectivity index is 1.17. The Hall–Kier alpha value is -5.58. The van der Waals surface area contributed by atoms with Crippen molar-refractivity contribution in [3.05, 3.63) is 159 Å². The van der Waals surface area contributed by atoms with Crippen LogP contribution in [0.5, 0.6) is 0 Å². The van der Waals surface area contributed by atoms with Crippen LogP contribution in [0, 0.1) is 6.92 Å². The van der Waals surface area contributed by atoms with Gasteiger partial charge in [-0.15, -0.1) is 11.3 Å². The monoisotopic (exact) mass is 988 g/mol. The molecule has 0 atom stereocenters. The molecule has 7 aromatic carbocycles. The van der Waals surface area contributed by atoms with Gasteiger partial charge in [-0.25, -0.2) is 0 Å². The van der Waals surface area contributed by atoms with E-state index < -0.39 is 0 Å². The predicted octanol–water partition coefficient (Wildman–Crippen LogP) is 18.6. The number of aryl methyl sites for hydroxylation is 1. The summed E-state index contributed by atoms with van der Waals surface area (Å²) in [6.45, 7) is 37.0. The molecule has 0 unspecified atom stereocenters. The summed E-state index contributed by atoms with van der Waals surface area (Å²) < 4.78 is 2.67. The van der Waals surface area contributed by atoms with E-state index in [0.717, 1.165) is 12.8 Å². The summed E-state index contributed by atoms with van der Waals surface area (Å²) in [5, 5.41) is 6.98. The fourth-order valence-electron chi connectivity index (χ4n) is 14.9. The zero-order valence-corrected chi connectivity index (χ0v) is 47.9. The van der Waals surface area contributed by atoms with Crippen LogP contribution in [0.1, 0.15) is 186 Å². The Morgan fingerprint density at radius 3 is 1.66 bits per heavy atom. The molecule has 0 saturated heterocycles. The van der Waals surface area contributed by atoms with Crippen LogP contribution < -0.4 is 21.1 Å². The number of anilines is 5. The smallest absolute Gasteiger partial charge is 0.198 e. The second kappa shape index (κ2) is 15.5. The van der Waals surface area contributed by atoms with Gasteiger partial charge in [0.1, 0.15) is 0 Å². The number of hydrogen-bond donors (Lipinski definition) is 1. The Morgan fingerprint density at radius 1 is 0.432 bits per heavy atom. The highest BCUT2D eigenvalue weighted by atomic mass is 32.1. The Bertz CT molecular complexity index is 3740. The van der Waals surface area contributed by atoms with Crippen molar-refractivity contribution in [2.24, 2.45) is 0 Å². The van der Waals surface area contributed by atoms with Crippen molar-refractivity contribution in [1.29, 1.82) is 0 Å². The molecule has 4 heteroatoms. The number of thiophene rings is 1. The minimum Gasteiger partial charge on any atom is -0.355 e. The molecular weight excluding hydrogens is 912 g/mol. The second-order valence-corrected chi connectivity index (χ2v) is 29.1. The number of fused-ring (bicyclic) bond motifs is 12. The highest BCUT2D eigenvalue weighted by Crippen LogP contribution is 2.58. The maximum Gasteiger partial charge on any atom is 0.198 e. The molecule has 0 saturated carbocycles. The first-order chi connectivity index (χ1) is 34.8. The van der Waals surface area contributed by atoms with Gasteiger partial charge in [0, 0.05) is 48.8 Å². The van der Waals surface area contributed by atoms with Crippen LogP contribution in [0.15, 0.2) is 109 Å². The first kappa shape index (κ1) is 48.1. The summed E-state index contributed by atoms with van der Waals surface area (Å²) in [6, 6.07) is 43.8. The van der Waals surface area contributed by atoms with Gasteiger partial charge >= 0.3 is 0 Å². The normalized spacial score (nSPS) is 20.3. The molecule has 2 heterocycles. The molecule has 5 aliphatic rings. The molecule has 0 spiro atoms. The van der Waals surface area contributed by atoms with E-state index in [1.807, 2.05) is 11.3 Å². The van der Waals surface area contributed by atoms with Gasteiger partial charge < -0.3 is 10.2 Å². The van der Waals surface area contributed by atoms with Crippen LogP contribution in [0.3, 0.4) is 0 Å². The zero-order chi connectivity index (χ0) is 52.0. The van der Waals surface area contributed by atoms with Crippen molar-refractivity contribution in [2.75, 3.05) is 10.2 Å². The van der Waals surface area contributed by atoms with Crippen molar-refractivity contribution in [1.82, 2.24) is 0 Å². The number of rotatable bonds is 4. The van der Waals surface area contributed by atoms with E-state index in [4.69, 9.17) is 0 Å². The van der Waals surface area contributed by atoms with Gasteiger partial charge in [0.2, 0.25) is 0 Å². The topological polar surface area (TPSA) is 15.3 Å². The van der Waals surface area contributed by atoms with E-state index in [-0.39, 0.29) is 37.9 Å². The van der Waals surface area contributed by atoms with Gasteiger partial charge in [-0.1, -0.05) is 152 Å². The van der Waals surface area contributed by atoms with Gasteiger partial charge in [-0.2, -0.15) is 0 Å². The van der Waals surface area contributed by atoms with E-state index >= 15 is 0 Å². The molecule has 375 valence electrons. The van der Waals surface area contributed by atoms with Gasteiger partial charge in [0.25, 0.3) is 0 Å². The third kappa shape index (κ3) is 6.87. The molecule has 1 radical (unpaired) electrons. The average Bonchev–Trinajstić information content (AvgIpc) is 3.87. The lowest BCUT2D eigenvalue weighted by molar-refractivity contribution is 0.332. The van der Waals surface area contributed by atoms with Crippen molar-refractivity contribution in [2.45, 2.75) is 180 Å². The molecule has 13 rings (SSSR count). The molecule has 4 aliphatic carbocycles. The molecule has 1 N–H and O–H groups in total. The van der Waals surface area contributed by atoms with E-state index in [0.29, 0.717) is 0 Å². The first-order valence-electron chi connectivity index (χ1n) is 28.0. The van der Waals surface area contributed by atoms with Crippen molar-refractivity contribution in [3.63, 3.8) is 0 Å². The minimum atomic E-state index is -0.244. The summed E-state index contributed by atoms with van der Waals surface area (Å²) in [7, 11) is 2.63. The molecule has 2 nitrogen and oxygen atoms in total. The summed E-state index contributed by atoms with van der Waals surface area (Å²) in [4.78, 5) is 2.72. The maximum absolute atomic E-state index is 4.29. The summed E-state index contributed by atoms with van der Waals surface area (Å²) in [5.74, 6) is 0. The predicted molar refractivity (Wildman–Crippen MR) is 322 cm³/mol. The van der Waals surface area contributed by atoms with Crippen LogP contribution in [0.4, 0.5) is 28.4 Å². The van der Waals surface area contributed by atoms with Crippen molar-refractivity contribution >= 4 is 78.2 Å². The third-order valence-corrected chi connectivity index (χ3v) is 21.2. The lowest BCUT2D eigenvalue weighted by Crippen LogP contribution is -2.42. The minimum absolute atomic E-state index is 0.000316. The van der Waals surface area contributed by atoms with Crippen LogP contribution >= 0.6 is 11.3 Å². The van der Waals surface area contributed by atoms with Crippen LogP contribution in [0.2, 0.25) is 0 Å². The van der Waals surface area contributed by atoms with Crippen LogP contribution in [-0.4, -0.2) is 7.28 Å². The standard InChI is InChI=1S/C70H76BN2S/c1-40-34-47-51(69(12,13)33-30-65(47,4)5)38-55(40)73-54-26-27-58-60(43-21-17-19-23-57(43)74-58)62(54)71-63-56(73)39-52-59(42-20-16-18-22-45(42)70(52,14)15)61(63)44-36-49-50(68(10,11)32-31-67(49,8)9)37-53(44)72-41-24-25-46-48(35-41)66(6,7)29-28-64(46,2)3/h16-27,34-39,72H,28-33H2,1-15H3. The number of nitrogens with one attached hydrogen (secondary N) is 1. The largest absolute Gasteiger partial charge is 0.355 e. The number of hydrogen-bond acceptors (Lipinski definition) is 3. The summed E-state index contributed by atoms with van der Waals surface area (Å²) >= 11 is 1.92. The van der Waals surface area contributed by atoms with Gasteiger partial charge in [0.15, 0.2) is 7.28 Å². The number of nitrogens with zero attached hydrogens (tertiary/aromatic N) is 1. The van der Waals surface area contributed by atoms with E-state index in [1.165, 1.54) is 158 Å². The lowest BCUT2D eigenvalue weighted by Gasteiger charge is -2.44. The Kier molecular flexibility index (Phi) is 10.1. The van der Waals surface area contributed by atoms with E-state index in [9.17, 15) is 0 Å². The van der Waals surface area contributed by atoms with Crippen LogP contribution in [0.25, 0.3) is 42.4 Å². The summed E-state index contributed by atoms with van der Waals surface area (Å²) in [6.07, 6.45) is 7.05. The molecular formula is C70H76BN2S. The highest BCUT2D eigenvalue weighted by Gasteiger charge is 2.45. The molecule has 0 fully saturated rings. The Labute approximate surface area is 447 Å². The van der Waals surface area contributed by atoms with Gasteiger partial charge in [0.05, 0.1) is 0 Å². The van der Waals surface area contributed by atoms with Crippen molar-refractivity contribution in [3.8, 4) is 22.3 Å². The lowest BCUT2D eigenvalue weighted by atomic mass is 9.55. The SMILES string of the molecule is Cc1cc2c(cc1N1c3cc4c(c(-c5cc6c(cc5Nc5ccc7c(c5)C(C)(C)CCC7(C)C)C(C)(C)CCC6(C)C)c3[B]c3c1ccc1sc5ccccc5c31)-c1ccccc1C4(C)C)C(C)(C)CCC2(C)C. The third-order valence-electron chi connectivity index (χ3n) is 20.0. The van der Waals surface area contributed by atoms with E-state index in [2.05, 4.69) is 231 Å². The molecule has 8 aromatic rings. The molecule has 0 amide bonds. The zero-order valence-electron chi connectivity index (χ0n) is 47.1. The fraction of sp³-hybridized carbons (Fsp3) is 0.400. The van der Waals surface area contributed by atoms with Crippen LogP contribution in [-0.2, 0) is 37.9 Å².